The predicted octanol–water partition coefficient (Wildman–Crippen LogP) is 2.91. The number of nitrogens with zero attached hydrogens (tertiary/aromatic N) is 2. The maximum atomic E-state index is 12.1. The molecule has 1 aromatic carbocycles. The molecule has 1 amide bonds. The second-order valence-corrected chi connectivity index (χ2v) is 5.86. The third kappa shape index (κ3) is 3.78. The lowest BCUT2D eigenvalue weighted by Gasteiger charge is -2.24. The van der Waals surface area contributed by atoms with Crippen molar-refractivity contribution in [2.75, 3.05) is 7.05 Å². The van der Waals surface area contributed by atoms with Gasteiger partial charge in [-0.15, -0.1) is 11.8 Å². The van der Waals surface area contributed by atoms with Crippen LogP contribution in [0.5, 0.6) is 0 Å². The number of benzene rings is 1. The van der Waals surface area contributed by atoms with Crippen molar-refractivity contribution in [1.29, 1.82) is 5.26 Å². The Labute approximate surface area is 113 Å². The summed E-state index contributed by atoms with van der Waals surface area (Å²) in [6.07, 6.45) is 0. The van der Waals surface area contributed by atoms with E-state index in [4.69, 9.17) is 5.26 Å². The first-order valence-electron chi connectivity index (χ1n) is 5.89. The smallest absolute Gasteiger partial charge is 0.235 e. The van der Waals surface area contributed by atoms with Gasteiger partial charge >= 0.3 is 0 Å². The average molecular weight is 262 g/mol. The van der Waals surface area contributed by atoms with Gasteiger partial charge < -0.3 is 4.90 Å². The summed E-state index contributed by atoms with van der Waals surface area (Å²) < 4.78 is 0. The predicted molar refractivity (Wildman–Crippen MR) is 74.4 cm³/mol. The minimum absolute atomic E-state index is 0.109. The molecule has 96 valence electrons. The van der Waals surface area contributed by atoms with Crippen molar-refractivity contribution in [1.82, 2.24) is 4.90 Å². The van der Waals surface area contributed by atoms with Crippen LogP contribution in [0.2, 0.25) is 0 Å². The summed E-state index contributed by atoms with van der Waals surface area (Å²) in [5.74, 6) is 0.109. The highest BCUT2D eigenvalue weighted by atomic mass is 32.2. The number of nitriles is 1. The van der Waals surface area contributed by atoms with Gasteiger partial charge in [0.25, 0.3) is 0 Å². The van der Waals surface area contributed by atoms with Crippen LogP contribution in [0.15, 0.2) is 29.2 Å². The summed E-state index contributed by atoms with van der Waals surface area (Å²) in [7, 11) is 1.82. The number of hydrogen-bond acceptors (Lipinski definition) is 3. The lowest BCUT2D eigenvalue weighted by Crippen LogP contribution is -2.38. The van der Waals surface area contributed by atoms with E-state index in [9.17, 15) is 4.79 Å². The summed E-state index contributed by atoms with van der Waals surface area (Å²) in [6, 6.07) is 9.63. The lowest BCUT2D eigenvalue weighted by molar-refractivity contribution is -0.130. The van der Waals surface area contributed by atoms with Gasteiger partial charge in [0.15, 0.2) is 0 Å². The molecule has 0 unspecified atom stereocenters. The van der Waals surface area contributed by atoms with Crippen LogP contribution >= 0.6 is 11.8 Å². The Morgan fingerprint density at radius 1 is 1.39 bits per heavy atom. The van der Waals surface area contributed by atoms with Crippen molar-refractivity contribution in [3.05, 3.63) is 29.8 Å². The number of amides is 1. The molecule has 0 bridgehead atoms. The van der Waals surface area contributed by atoms with Gasteiger partial charge in [-0.25, -0.2) is 0 Å². The summed E-state index contributed by atoms with van der Waals surface area (Å²) in [6.45, 7) is 5.88. The Morgan fingerprint density at radius 2 is 2.06 bits per heavy atom. The molecule has 18 heavy (non-hydrogen) atoms. The van der Waals surface area contributed by atoms with Crippen molar-refractivity contribution in [3.63, 3.8) is 0 Å². The second kappa shape index (κ2) is 6.46. The number of carbonyl (C=O) groups is 1. The molecular formula is C14H18N2OS. The Bertz CT molecular complexity index is 465. The fourth-order valence-electron chi connectivity index (χ4n) is 1.43. The van der Waals surface area contributed by atoms with Gasteiger partial charge in [0, 0.05) is 18.0 Å². The second-order valence-electron chi connectivity index (χ2n) is 4.44. The third-order valence-corrected chi connectivity index (χ3v) is 3.83. The van der Waals surface area contributed by atoms with Gasteiger partial charge in [-0.3, -0.25) is 4.79 Å². The molecule has 0 aromatic heterocycles. The van der Waals surface area contributed by atoms with Crippen LogP contribution in [0.25, 0.3) is 0 Å². The molecule has 1 aromatic rings. The van der Waals surface area contributed by atoms with Crippen molar-refractivity contribution >= 4 is 17.7 Å². The Kier molecular flexibility index (Phi) is 5.24. The van der Waals surface area contributed by atoms with Crippen LogP contribution in [0.3, 0.4) is 0 Å². The maximum absolute atomic E-state index is 12.1. The molecule has 4 heteroatoms. The molecule has 0 fully saturated rings. The zero-order chi connectivity index (χ0) is 13.7. The van der Waals surface area contributed by atoms with E-state index >= 15 is 0 Å². The van der Waals surface area contributed by atoms with E-state index in [1.807, 2.05) is 46.0 Å². The van der Waals surface area contributed by atoms with E-state index in [2.05, 4.69) is 6.07 Å². The zero-order valence-corrected chi connectivity index (χ0v) is 12.0. The Morgan fingerprint density at radius 3 is 2.61 bits per heavy atom. The number of carbonyl (C=O) groups excluding carboxylic acids is 1. The first kappa shape index (κ1) is 14.6. The van der Waals surface area contributed by atoms with Crippen LogP contribution in [0.1, 0.15) is 26.3 Å². The highest BCUT2D eigenvalue weighted by Gasteiger charge is 2.20. The van der Waals surface area contributed by atoms with Gasteiger partial charge in [-0.05, 0) is 39.0 Å². The zero-order valence-electron chi connectivity index (χ0n) is 11.2. The Hall–Kier alpha value is -1.47. The number of rotatable bonds is 4. The highest BCUT2D eigenvalue weighted by Crippen LogP contribution is 2.25. The fourth-order valence-corrected chi connectivity index (χ4v) is 2.46. The molecule has 0 aliphatic rings. The van der Waals surface area contributed by atoms with Crippen LogP contribution < -0.4 is 0 Å². The Balaban J connectivity index is 2.72. The van der Waals surface area contributed by atoms with Gasteiger partial charge in [-0.2, -0.15) is 5.26 Å². The van der Waals surface area contributed by atoms with Gasteiger partial charge in [0.1, 0.15) is 0 Å². The van der Waals surface area contributed by atoms with Crippen molar-refractivity contribution < 1.29 is 4.79 Å². The molecule has 0 saturated heterocycles. The van der Waals surface area contributed by atoms with E-state index in [1.54, 1.807) is 11.0 Å². The molecule has 0 N–H and O–H groups in total. The molecule has 0 heterocycles. The van der Waals surface area contributed by atoms with Gasteiger partial charge in [0.05, 0.1) is 16.9 Å². The summed E-state index contributed by atoms with van der Waals surface area (Å²) in [4.78, 5) is 14.8. The molecular weight excluding hydrogens is 244 g/mol. The van der Waals surface area contributed by atoms with Crippen LogP contribution in [0, 0.1) is 11.3 Å². The van der Waals surface area contributed by atoms with E-state index < -0.39 is 0 Å². The molecule has 0 spiro atoms. The number of hydrogen-bond donors (Lipinski definition) is 0. The van der Waals surface area contributed by atoms with Crippen molar-refractivity contribution in [3.8, 4) is 6.07 Å². The summed E-state index contributed by atoms with van der Waals surface area (Å²) in [5, 5.41) is 8.69. The average Bonchev–Trinajstić information content (AvgIpc) is 2.36. The summed E-state index contributed by atoms with van der Waals surface area (Å²) >= 11 is 1.48. The highest BCUT2D eigenvalue weighted by molar-refractivity contribution is 8.00. The van der Waals surface area contributed by atoms with Crippen LogP contribution in [-0.4, -0.2) is 29.1 Å². The van der Waals surface area contributed by atoms with E-state index in [-0.39, 0.29) is 17.2 Å². The monoisotopic (exact) mass is 262 g/mol. The molecule has 0 radical (unpaired) electrons. The lowest BCUT2D eigenvalue weighted by atomic mass is 10.2. The van der Waals surface area contributed by atoms with Gasteiger partial charge in [-0.1, -0.05) is 6.07 Å². The van der Waals surface area contributed by atoms with Crippen molar-refractivity contribution in [2.24, 2.45) is 0 Å². The van der Waals surface area contributed by atoms with Gasteiger partial charge in [0.2, 0.25) is 5.91 Å². The molecule has 3 nitrogen and oxygen atoms in total. The SMILES string of the molecule is CC(C)N(C)C(=O)[C@@H](C)Sc1cccc(C#N)c1. The first-order chi connectivity index (χ1) is 8.45. The standard InChI is InChI=1S/C14H18N2OS/c1-10(2)16(4)14(17)11(3)18-13-7-5-6-12(8-13)9-15/h5-8,10-11H,1-4H3/t11-/m1/s1. The molecule has 0 aliphatic heterocycles. The van der Waals surface area contributed by atoms with E-state index in [1.165, 1.54) is 11.8 Å². The van der Waals surface area contributed by atoms with Crippen LogP contribution in [0.4, 0.5) is 0 Å². The van der Waals surface area contributed by atoms with Crippen LogP contribution in [-0.2, 0) is 4.79 Å². The minimum Gasteiger partial charge on any atom is -0.342 e. The summed E-state index contributed by atoms with van der Waals surface area (Å²) in [5.41, 5.74) is 0.622. The fraction of sp³-hybridized carbons (Fsp3) is 0.429. The molecule has 0 saturated carbocycles. The maximum Gasteiger partial charge on any atom is 0.235 e. The minimum atomic E-state index is -0.147. The van der Waals surface area contributed by atoms with E-state index in [0.29, 0.717) is 5.56 Å². The van der Waals surface area contributed by atoms with E-state index in [0.717, 1.165) is 4.90 Å². The normalized spacial score (nSPS) is 12.0. The third-order valence-electron chi connectivity index (χ3n) is 2.75. The quantitative estimate of drug-likeness (QED) is 0.784. The molecule has 1 rings (SSSR count). The molecule has 0 aliphatic carbocycles. The first-order valence-corrected chi connectivity index (χ1v) is 6.77. The number of thioether (sulfide) groups is 1. The van der Waals surface area contributed by atoms with Crippen molar-refractivity contribution in [2.45, 2.75) is 37.0 Å². The topological polar surface area (TPSA) is 44.1 Å². The molecule has 1 atom stereocenters. The largest absolute Gasteiger partial charge is 0.342 e.